The zero-order valence-corrected chi connectivity index (χ0v) is 9.98. The Labute approximate surface area is 104 Å². The van der Waals surface area contributed by atoms with Gasteiger partial charge in [0.1, 0.15) is 0 Å². The predicted molar refractivity (Wildman–Crippen MR) is 71.8 cm³/mol. The van der Waals surface area contributed by atoms with E-state index >= 15 is 0 Å². The van der Waals surface area contributed by atoms with Gasteiger partial charge < -0.3 is 0 Å². The molecule has 2 aromatic rings. The summed E-state index contributed by atoms with van der Waals surface area (Å²) >= 11 is 1.55. The summed E-state index contributed by atoms with van der Waals surface area (Å²) in [6, 6.07) is 17.9. The lowest BCUT2D eigenvalue weighted by Crippen LogP contribution is -2.20. The van der Waals surface area contributed by atoms with E-state index in [0.717, 1.165) is 16.9 Å². The van der Waals surface area contributed by atoms with Crippen LogP contribution in [0.2, 0.25) is 0 Å². The van der Waals surface area contributed by atoms with Crippen LogP contribution in [0, 0.1) is 0 Å². The van der Waals surface area contributed by atoms with Crippen molar-refractivity contribution in [2.45, 2.75) is 0 Å². The van der Waals surface area contributed by atoms with Gasteiger partial charge in [-0.05, 0) is 36.2 Å². The quantitative estimate of drug-likeness (QED) is 0.710. The zero-order valence-electron chi connectivity index (χ0n) is 9.17. The fourth-order valence-corrected chi connectivity index (χ4v) is 2.90. The summed E-state index contributed by atoms with van der Waals surface area (Å²) in [6.45, 7) is 0. The molecule has 3 rings (SSSR count). The number of anilines is 2. The van der Waals surface area contributed by atoms with E-state index in [2.05, 4.69) is 16.4 Å². The van der Waals surface area contributed by atoms with Gasteiger partial charge in [0.25, 0.3) is 0 Å². The van der Waals surface area contributed by atoms with Gasteiger partial charge in [-0.25, -0.2) is 0 Å². The average molecular weight is 241 g/mol. The maximum Gasteiger partial charge on any atom is 0.176 e. The molecule has 0 amide bonds. The number of ketones is 1. The van der Waals surface area contributed by atoms with Crippen molar-refractivity contribution in [2.75, 3.05) is 10.1 Å². The minimum Gasteiger partial charge on any atom is -0.293 e. The zero-order chi connectivity index (χ0) is 11.7. The third-order valence-electron chi connectivity index (χ3n) is 2.74. The van der Waals surface area contributed by atoms with Crippen LogP contribution in [0.3, 0.4) is 0 Å². The number of nitrogens with zero attached hydrogens (tertiary/aromatic N) is 1. The molecule has 0 spiro atoms. The molecule has 0 saturated carbocycles. The summed E-state index contributed by atoms with van der Waals surface area (Å²) < 4.78 is 2.12. The van der Waals surface area contributed by atoms with Crippen molar-refractivity contribution in [1.82, 2.24) is 0 Å². The molecular weight excluding hydrogens is 230 g/mol. The van der Waals surface area contributed by atoms with Crippen molar-refractivity contribution in [3.8, 4) is 0 Å². The molecule has 84 valence electrons. The van der Waals surface area contributed by atoms with E-state index < -0.39 is 0 Å². The molecule has 0 N–H and O–H groups in total. The van der Waals surface area contributed by atoms with Gasteiger partial charge in [0.2, 0.25) is 0 Å². The highest BCUT2D eigenvalue weighted by Crippen LogP contribution is 2.38. The van der Waals surface area contributed by atoms with Gasteiger partial charge in [0.05, 0.1) is 17.1 Å². The Kier molecular flexibility index (Phi) is 2.61. The van der Waals surface area contributed by atoms with E-state index in [1.54, 1.807) is 11.9 Å². The number of Topliss-reactive ketones (excluding diaryl/α,β-unsaturated/α-hetero) is 1. The molecular formula is C14H11NOS. The highest BCUT2D eigenvalue weighted by molar-refractivity contribution is 8.01. The van der Waals surface area contributed by atoms with E-state index in [0.29, 0.717) is 5.75 Å². The molecule has 0 saturated heterocycles. The van der Waals surface area contributed by atoms with Crippen LogP contribution in [0.5, 0.6) is 0 Å². The van der Waals surface area contributed by atoms with Crippen LogP contribution in [0.4, 0.5) is 11.4 Å². The van der Waals surface area contributed by atoms with E-state index in [1.165, 1.54) is 0 Å². The normalized spacial score (nSPS) is 14.6. The highest BCUT2D eigenvalue weighted by Gasteiger charge is 2.24. The minimum atomic E-state index is 0.206. The number of fused-ring (bicyclic) bond motifs is 1. The molecule has 0 aliphatic carbocycles. The molecule has 0 aromatic heterocycles. The van der Waals surface area contributed by atoms with E-state index in [4.69, 9.17) is 0 Å². The lowest BCUT2D eigenvalue weighted by Gasteiger charge is -2.28. The van der Waals surface area contributed by atoms with Gasteiger partial charge in [-0.2, -0.15) is 0 Å². The summed E-state index contributed by atoms with van der Waals surface area (Å²) in [6.07, 6.45) is 0. The lowest BCUT2D eigenvalue weighted by molar-refractivity contribution is 0.102. The lowest BCUT2D eigenvalue weighted by atomic mass is 10.1. The van der Waals surface area contributed by atoms with Gasteiger partial charge in [-0.3, -0.25) is 9.10 Å². The van der Waals surface area contributed by atoms with Crippen LogP contribution in [0.25, 0.3) is 0 Å². The molecule has 0 atom stereocenters. The molecule has 0 fully saturated rings. The number of hydrogen-bond donors (Lipinski definition) is 0. The number of benzene rings is 2. The van der Waals surface area contributed by atoms with Crippen LogP contribution in [0.1, 0.15) is 10.4 Å². The summed E-state index contributed by atoms with van der Waals surface area (Å²) in [4.78, 5) is 11.8. The predicted octanol–water partition coefficient (Wildman–Crippen LogP) is 3.67. The SMILES string of the molecule is O=C1CSN(c2ccccc2)c2ccccc21. The molecule has 0 bridgehead atoms. The van der Waals surface area contributed by atoms with Crippen molar-refractivity contribution in [3.63, 3.8) is 0 Å². The van der Waals surface area contributed by atoms with Crippen molar-refractivity contribution in [3.05, 3.63) is 60.2 Å². The Hall–Kier alpha value is -1.74. The molecule has 1 heterocycles. The fourth-order valence-electron chi connectivity index (χ4n) is 1.93. The van der Waals surface area contributed by atoms with E-state index in [9.17, 15) is 4.79 Å². The van der Waals surface area contributed by atoms with Gasteiger partial charge in [-0.1, -0.05) is 30.3 Å². The first-order chi connectivity index (χ1) is 8.36. The third-order valence-corrected chi connectivity index (χ3v) is 3.80. The minimum absolute atomic E-state index is 0.206. The number of rotatable bonds is 1. The Balaban J connectivity index is 2.10. The van der Waals surface area contributed by atoms with Gasteiger partial charge >= 0.3 is 0 Å². The van der Waals surface area contributed by atoms with Crippen molar-refractivity contribution < 1.29 is 4.79 Å². The second-order valence-electron chi connectivity index (χ2n) is 3.84. The molecule has 1 aliphatic rings. The highest BCUT2D eigenvalue weighted by atomic mass is 32.2. The molecule has 0 unspecified atom stereocenters. The largest absolute Gasteiger partial charge is 0.293 e. The maximum absolute atomic E-state index is 11.8. The molecule has 2 nitrogen and oxygen atoms in total. The third kappa shape index (κ3) is 1.83. The Morgan fingerprint density at radius 3 is 2.47 bits per heavy atom. The van der Waals surface area contributed by atoms with Crippen LogP contribution < -0.4 is 4.31 Å². The monoisotopic (exact) mass is 241 g/mol. The first-order valence-corrected chi connectivity index (χ1v) is 6.41. The second kappa shape index (κ2) is 4.26. The molecule has 17 heavy (non-hydrogen) atoms. The first kappa shape index (κ1) is 10.4. The molecule has 1 aliphatic heterocycles. The van der Waals surface area contributed by atoms with Gasteiger partial charge in [-0.15, -0.1) is 0 Å². The topological polar surface area (TPSA) is 20.3 Å². The summed E-state index contributed by atoms with van der Waals surface area (Å²) in [5, 5.41) is 0. The van der Waals surface area contributed by atoms with E-state index in [1.807, 2.05) is 42.5 Å². The number of para-hydroxylation sites is 2. The van der Waals surface area contributed by atoms with Crippen LogP contribution in [-0.4, -0.2) is 11.5 Å². The molecule has 0 radical (unpaired) electrons. The van der Waals surface area contributed by atoms with Crippen molar-refractivity contribution >= 4 is 29.1 Å². The maximum atomic E-state index is 11.8. The second-order valence-corrected chi connectivity index (χ2v) is 4.76. The fraction of sp³-hybridized carbons (Fsp3) is 0.0714. The smallest absolute Gasteiger partial charge is 0.176 e. The first-order valence-electron chi connectivity index (χ1n) is 5.46. The number of hydrogen-bond acceptors (Lipinski definition) is 3. The average Bonchev–Trinajstić information content (AvgIpc) is 2.41. The Bertz CT molecular complexity index is 553. The van der Waals surface area contributed by atoms with Crippen LogP contribution >= 0.6 is 11.9 Å². The van der Waals surface area contributed by atoms with Gasteiger partial charge in [0.15, 0.2) is 5.78 Å². The summed E-state index contributed by atoms with van der Waals surface area (Å²) in [5.74, 6) is 0.712. The summed E-state index contributed by atoms with van der Waals surface area (Å²) in [5.41, 5.74) is 2.91. The van der Waals surface area contributed by atoms with Crippen molar-refractivity contribution in [1.29, 1.82) is 0 Å². The van der Waals surface area contributed by atoms with Crippen molar-refractivity contribution in [2.24, 2.45) is 0 Å². The van der Waals surface area contributed by atoms with Crippen LogP contribution in [-0.2, 0) is 0 Å². The number of carbonyl (C=O) groups is 1. The summed E-state index contributed by atoms with van der Waals surface area (Å²) in [7, 11) is 0. The number of carbonyl (C=O) groups excluding carboxylic acids is 1. The standard InChI is InChI=1S/C14H11NOS/c16-14-10-17-15(11-6-2-1-3-7-11)13-9-5-4-8-12(13)14/h1-9H,10H2. The molecule has 2 aromatic carbocycles. The Morgan fingerprint density at radius 1 is 0.941 bits per heavy atom. The van der Waals surface area contributed by atoms with Gasteiger partial charge in [0, 0.05) is 5.56 Å². The van der Waals surface area contributed by atoms with Crippen LogP contribution in [0.15, 0.2) is 54.6 Å². The Morgan fingerprint density at radius 2 is 1.65 bits per heavy atom. The van der Waals surface area contributed by atoms with E-state index in [-0.39, 0.29) is 5.78 Å². The molecule has 3 heteroatoms.